The maximum absolute atomic E-state index is 5.96. The molecule has 0 aliphatic carbocycles. The van der Waals surface area contributed by atoms with E-state index in [4.69, 9.17) is 11.6 Å². The molecule has 17 heavy (non-hydrogen) atoms. The molecule has 0 saturated carbocycles. The molecule has 0 nitrogen and oxygen atoms in total. The third kappa shape index (κ3) is 1.71. The second kappa shape index (κ2) is 3.90. The Labute approximate surface area is 105 Å². The summed E-state index contributed by atoms with van der Waals surface area (Å²) < 4.78 is 0. The smallest absolute Gasteiger partial charge is 0.0406 e. The molecule has 0 radical (unpaired) electrons. The van der Waals surface area contributed by atoms with Gasteiger partial charge < -0.3 is 0 Å². The number of rotatable bonds is 1. The van der Waals surface area contributed by atoms with Gasteiger partial charge in [-0.1, -0.05) is 66.7 Å². The van der Waals surface area contributed by atoms with Crippen molar-refractivity contribution in [1.82, 2.24) is 0 Å². The van der Waals surface area contributed by atoms with Crippen LogP contribution in [0.25, 0.3) is 26.6 Å². The highest BCUT2D eigenvalue weighted by molar-refractivity contribution is 6.48. The summed E-state index contributed by atoms with van der Waals surface area (Å²) in [5.74, 6) is 0. The van der Waals surface area contributed by atoms with Gasteiger partial charge in [-0.2, -0.15) is 0 Å². The summed E-state index contributed by atoms with van der Waals surface area (Å²) in [6.45, 7) is 3.78. The van der Waals surface area contributed by atoms with Crippen molar-refractivity contribution in [2.75, 3.05) is 0 Å². The molecule has 1 heteroatoms. The second-order valence-corrected chi connectivity index (χ2v) is 4.58. The van der Waals surface area contributed by atoms with Crippen molar-refractivity contribution in [3.63, 3.8) is 0 Å². The van der Waals surface area contributed by atoms with Crippen LogP contribution in [-0.4, -0.2) is 0 Å². The maximum atomic E-state index is 5.96. The monoisotopic (exact) mass is 238 g/mol. The summed E-state index contributed by atoms with van der Waals surface area (Å²) in [5, 5.41) is 5.54. The molecule has 3 aromatic rings. The lowest BCUT2D eigenvalue weighted by Crippen LogP contribution is -1.80. The first-order valence-electron chi connectivity index (χ1n) is 5.52. The molecule has 0 saturated heterocycles. The fraction of sp³-hybridized carbons (Fsp3) is 0. The van der Waals surface area contributed by atoms with Crippen molar-refractivity contribution >= 4 is 38.2 Å². The largest absolute Gasteiger partial charge is 0.0843 e. The first-order valence-corrected chi connectivity index (χ1v) is 5.90. The molecule has 0 aliphatic rings. The summed E-state index contributed by atoms with van der Waals surface area (Å²) in [6, 6.07) is 18.9. The van der Waals surface area contributed by atoms with Gasteiger partial charge >= 0.3 is 0 Å². The number of hydrogen-bond donors (Lipinski definition) is 0. The number of fused-ring (bicyclic) bond motifs is 3. The average Bonchev–Trinajstić information content (AvgIpc) is 2.38. The van der Waals surface area contributed by atoms with Gasteiger partial charge in [-0.25, -0.2) is 0 Å². The average molecular weight is 239 g/mol. The van der Waals surface area contributed by atoms with Crippen LogP contribution in [0.2, 0.25) is 0 Å². The van der Waals surface area contributed by atoms with E-state index < -0.39 is 0 Å². The van der Waals surface area contributed by atoms with Crippen LogP contribution in [0.3, 0.4) is 0 Å². The second-order valence-electron chi connectivity index (χ2n) is 4.13. The van der Waals surface area contributed by atoms with E-state index in [9.17, 15) is 0 Å². The minimum atomic E-state index is 0.583. The lowest BCUT2D eigenvalue weighted by Gasteiger charge is -2.05. The highest BCUT2D eigenvalue weighted by Crippen LogP contribution is 2.28. The first kappa shape index (κ1) is 10.4. The maximum Gasteiger partial charge on any atom is 0.0406 e. The van der Waals surface area contributed by atoms with Gasteiger partial charge in [0.05, 0.1) is 0 Å². The predicted molar refractivity (Wildman–Crippen MR) is 76.3 cm³/mol. The Balaban J connectivity index is 2.46. The van der Waals surface area contributed by atoms with Crippen LogP contribution in [0, 0.1) is 0 Å². The van der Waals surface area contributed by atoms with Gasteiger partial charge in [-0.05, 0) is 33.2 Å². The number of benzene rings is 3. The van der Waals surface area contributed by atoms with E-state index in [0.717, 1.165) is 5.56 Å². The van der Waals surface area contributed by atoms with Gasteiger partial charge in [0.25, 0.3) is 0 Å². The zero-order valence-electron chi connectivity index (χ0n) is 9.28. The van der Waals surface area contributed by atoms with E-state index >= 15 is 0 Å². The summed E-state index contributed by atoms with van der Waals surface area (Å²) in [7, 11) is 0. The zero-order valence-corrected chi connectivity index (χ0v) is 10.0. The molecule has 0 unspecified atom stereocenters. The zero-order chi connectivity index (χ0) is 11.8. The Morgan fingerprint density at radius 2 is 1.47 bits per heavy atom. The van der Waals surface area contributed by atoms with E-state index in [1.54, 1.807) is 0 Å². The van der Waals surface area contributed by atoms with Crippen LogP contribution in [0.4, 0.5) is 0 Å². The Hall–Kier alpha value is -1.79. The van der Waals surface area contributed by atoms with Gasteiger partial charge in [-0.3, -0.25) is 0 Å². The Kier molecular flexibility index (Phi) is 2.38. The summed E-state index contributed by atoms with van der Waals surface area (Å²) in [4.78, 5) is 0. The lowest BCUT2D eigenvalue weighted by molar-refractivity contribution is 1.72. The molecule has 0 fully saturated rings. The molecule has 0 spiro atoms. The molecule has 3 rings (SSSR count). The van der Waals surface area contributed by atoms with Crippen molar-refractivity contribution in [1.29, 1.82) is 0 Å². The summed E-state index contributed by atoms with van der Waals surface area (Å²) in [6.07, 6.45) is 0. The van der Waals surface area contributed by atoms with Crippen molar-refractivity contribution in [3.05, 3.63) is 66.7 Å². The molecule has 82 valence electrons. The van der Waals surface area contributed by atoms with Gasteiger partial charge in [0, 0.05) is 5.03 Å². The van der Waals surface area contributed by atoms with Crippen LogP contribution < -0.4 is 0 Å². The fourth-order valence-electron chi connectivity index (χ4n) is 2.17. The van der Waals surface area contributed by atoms with Crippen LogP contribution in [-0.2, 0) is 0 Å². The normalized spacial score (nSPS) is 10.9. The molecule has 0 heterocycles. The van der Waals surface area contributed by atoms with Gasteiger partial charge in [0.15, 0.2) is 0 Å². The molecule has 0 atom stereocenters. The van der Waals surface area contributed by atoms with E-state index in [1.807, 2.05) is 6.07 Å². The van der Waals surface area contributed by atoms with Crippen LogP contribution in [0.15, 0.2) is 61.2 Å². The van der Waals surface area contributed by atoms with Crippen molar-refractivity contribution in [3.8, 4) is 0 Å². The molecule has 0 aliphatic heterocycles. The highest BCUT2D eigenvalue weighted by Gasteiger charge is 2.02. The van der Waals surface area contributed by atoms with Crippen molar-refractivity contribution in [2.24, 2.45) is 0 Å². The van der Waals surface area contributed by atoms with Crippen LogP contribution in [0.1, 0.15) is 5.56 Å². The van der Waals surface area contributed by atoms with E-state index in [1.165, 1.54) is 21.5 Å². The van der Waals surface area contributed by atoms with Gasteiger partial charge in [0.1, 0.15) is 0 Å². The van der Waals surface area contributed by atoms with Gasteiger partial charge in [0.2, 0.25) is 0 Å². The lowest BCUT2D eigenvalue weighted by atomic mass is 10.00. The Morgan fingerprint density at radius 1 is 0.824 bits per heavy atom. The van der Waals surface area contributed by atoms with E-state index in [-0.39, 0.29) is 0 Å². The van der Waals surface area contributed by atoms with E-state index in [2.05, 4.69) is 55.1 Å². The standard InChI is InChI=1S/C16H11Cl/c1-11(17)14-9-8-13-7-6-12-4-2-3-5-15(12)16(13)10-14/h2-10H,1H2. The van der Waals surface area contributed by atoms with Crippen LogP contribution >= 0.6 is 11.6 Å². The Morgan fingerprint density at radius 3 is 2.24 bits per heavy atom. The molecular formula is C16H11Cl. The number of hydrogen-bond acceptors (Lipinski definition) is 0. The molecule has 0 amide bonds. The molecular weight excluding hydrogens is 228 g/mol. The highest BCUT2D eigenvalue weighted by atomic mass is 35.5. The quantitative estimate of drug-likeness (QED) is 0.511. The van der Waals surface area contributed by atoms with Crippen LogP contribution in [0.5, 0.6) is 0 Å². The Bertz CT molecular complexity index is 726. The minimum absolute atomic E-state index is 0.583. The molecule has 3 aromatic carbocycles. The molecule has 0 bridgehead atoms. The topological polar surface area (TPSA) is 0 Å². The fourth-order valence-corrected chi connectivity index (χ4v) is 2.29. The predicted octanol–water partition coefficient (Wildman–Crippen LogP) is 5.20. The minimum Gasteiger partial charge on any atom is -0.0843 e. The summed E-state index contributed by atoms with van der Waals surface area (Å²) in [5.41, 5.74) is 0.982. The number of halogens is 1. The van der Waals surface area contributed by atoms with Crippen molar-refractivity contribution in [2.45, 2.75) is 0 Å². The van der Waals surface area contributed by atoms with Crippen molar-refractivity contribution < 1.29 is 0 Å². The third-order valence-corrected chi connectivity index (χ3v) is 3.28. The SMILES string of the molecule is C=C(Cl)c1ccc2ccc3ccccc3c2c1. The molecule has 0 N–H and O–H groups in total. The summed E-state index contributed by atoms with van der Waals surface area (Å²) >= 11 is 5.96. The molecule has 0 aromatic heterocycles. The first-order chi connectivity index (χ1) is 8.25. The van der Waals surface area contributed by atoms with E-state index in [0.29, 0.717) is 5.03 Å². The third-order valence-electron chi connectivity index (χ3n) is 3.06. The van der Waals surface area contributed by atoms with Gasteiger partial charge in [-0.15, -0.1) is 0 Å².